The third-order valence-corrected chi connectivity index (χ3v) is 3.65. The zero-order valence-electron chi connectivity index (χ0n) is 11.5. The molecule has 0 aliphatic heterocycles. The second-order valence-electron chi connectivity index (χ2n) is 5.29. The van der Waals surface area contributed by atoms with Crippen LogP contribution >= 0.6 is 0 Å². The van der Waals surface area contributed by atoms with Gasteiger partial charge in [-0.1, -0.05) is 37.3 Å². The van der Waals surface area contributed by atoms with Gasteiger partial charge >= 0.3 is 0 Å². The highest BCUT2D eigenvalue weighted by Crippen LogP contribution is 2.21. The molecule has 2 N–H and O–H groups in total. The van der Waals surface area contributed by atoms with Crippen LogP contribution in [0.1, 0.15) is 44.1 Å². The first-order chi connectivity index (χ1) is 8.90. The van der Waals surface area contributed by atoms with E-state index in [0.717, 1.165) is 19.1 Å². The zero-order valence-corrected chi connectivity index (χ0v) is 11.5. The third-order valence-electron chi connectivity index (χ3n) is 3.65. The number of hydrogen-bond donors (Lipinski definition) is 2. The first-order valence-electron chi connectivity index (χ1n) is 7.39. The number of rotatable bonds is 9. The van der Waals surface area contributed by atoms with Crippen molar-refractivity contribution in [1.82, 2.24) is 10.6 Å². The Kier molecular flexibility index (Phi) is 5.69. The zero-order chi connectivity index (χ0) is 12.6. The van der Waals surface area contributed by atoms with Crippen LogP contribution in [0.4, 0.5) is 0 Å². The second-order valence-corrected chi connectivity index (χ2v) is 5.29. The lowest BCUT2D eigenvalue weighted by Crippen LogP contribution is -2.23. The van der Waals surface area contributed by atoms with E-state index in [9.17, 15) is 0 Å². The lowest BCUT2D eigenvalue weighted by Gasteiger charge is -2.18. The molecule has 100 valence electrons. The molecule has 2 heteroatoms. The maximum atomic E-state index is 3.60. The van der Waals surface area contributed by atoms with E-state index in [0.29, 0.717) is 5.92 Å². The van der Waals surface area contributed by atoms with E-state index in [2.05, 4.69) is 47.9 Å². The van der Waals surface area contributed by atoms with Crippen LogP contribution in [0.15, 0.2) is 30.3 Å². The Hall–Kier alpha value is -0.860. The maximum Gasteiger partial charge on any atom is 0.00682 e. The molecule has 1 atom stereocenters. The average molecular weight is 246 g/mol. The summed E-state index contributed by atoms with van der Waals surface area (Å²) in [5.74, 6) is 0.659. The van der Waals surface area contributed by atoms with Crippen LogP contribution in [-0.4, -0.2) is 25.7 Å². The largest absolute Gasteiger partial charge is 0.316 e. The molecule has 0 bridgehead atoms. The van der Waals surface area contributed by atoms with E-state index in [4.69, 9.17) is 0 Å². The Morgan fingerprint density at radius 3 is 2.67 bits per heavy atom. The van der Waals surface area contributed by atoms with Crippen LogP contribution < -0.4 is 10.6 Å². The molecule has 0 heterocycles. The molecular weight excluding hydrogens is 220 g/mol. The SMILES string of the molecule is CCNCC(CCCNC1CC1)c1ccccc1. The average Bonchev–Trinajstić information content (AvgIpc) is 3.23. The molecule has 1 saturated carbocycles. The first kappa shape index (κ1) is 13.6. The van der Waals surface area contributed by atoms with E-state index in [1.165, 1.54) is 37.8 Å². The fraction of sp³-hybridized carbons (Fsp3) is 0.625. The van der Waals surface area contributed by atoms with Gasteiger partial charge in [0.15, 0.2) is 0 Å². The normalized spacial score (nSPS) is 16.7. The van der Waals surface area contributed by atoms with Crippen LogP contribution in [-0.2, 0) is 0 Å². The minimum absolute atomic E-state index is 0.659. The molecular formula is C16H26N2. The number of nitrogens with one attached hydrogen (secondary N) is 2. The molecule has 0 aromatic heterocycles. The Labute approximate surface area is 111 Å². The molecule has 0 saturated heterocycles. The van der Waals surface area contributed by atoms with Crippen molar-refractivity contribution < 1.29 is 0 Å². The molecule has 1 unspecified atom stereocenters. The van der Waals surface area contributed by atoms with Gasteiger partial charge in [0.25, 0.3) is 0 Å². The number of benzene rings is 1. The van der Waals surface area contributed by atoms with Gasteiger partial charge in [-0.05, 0) is 50.3 Å². The van der Waals surface area contributed by atoms with Crippen LogP contribution in [0.3, 0.4) is 0 Å². The minimum atomic E-state index is 0.659. The van der Waals surface area contributed by atoms with Crippen molar-refractivity contribution in [3.8, 4) is 0 Å². The molecule has 0 radical (unpaired) electrons. The third kappa shape index (κ3) is 4.79. The van der Waals surface area contributed by atoms with E-state index < -0.39 is 0 Å². The monoisotopic (exact) mass is 246 g/mol. The molecule has 2 nitrogen and oxygen atoms in total. The summed E-state index contributed by atoms with van der Waals surface area (Å²) in [6, 6.07) is 11.8. The maximum absolute atomic E-state index is 3.60. The summed E-state index contributed by atoms with van der Waals surface area (Å²) < 4.78 is 0. The van der Waals surface area contributed by atoms with E-state index >= 15 is 0 Å². The highest BCUT2D eigenvalue weighted by Gasteiger charge is 2.19. The van der Waals surface area contributed by atoms with Crippen molar-refractivity contribution in [3.05, 3.63) is 35.9 Å². The Bertz CT molecular complexity index is 319. The van der Waals surface area contributed by atoms with Crippen molar-refractivity contribution in [2.45, 2.75) is 44.6 Å². The predicted octanol–water partition coefficient (Wildman–Crippen LogP) is 2.91. The minimum Gasteiger partial charge on any atom is -0.316 e. The van der Waals surface area contributed by atoms with Crippen LogP contribution in [0, 0.1) is 0 Å². The fourth-order valence-electron chi connectivity index (χ4n) is 2.37. The van der Waals surface area contributed by atoms with Gasteiger partial charge in [0.2, 0.25) is 0 Å². The van der Waals surface area contributed by atoms with Gasteiger partial charge in [-0.3, -0.25) is 0 Å². The summed E-state index contributed by atoms with van der Waals surface area (Å²) in [6.07, 6.45) is 5.33. The topological polar surface area (TPSA) is 24.1 Å². The van der Waals surface area contributed by atoms with Crippen LogP contribution in [0.25, 0.3) is 0 Å². The van der Waals surface area contributed by atoms with Gasteiger partial charge in [0.1, 0.15) is 0 Å². The standard InChI is InChI=1S/C16H26N2/c1-2-17-13-15(14-7-4-3-5-8-14)9-6-12-18-16-10-11-16/h3-5,7-8,15-18H,2,6,9-13H2,1H3. The van der Waals surface area contributed by atoms with Crippen molar-refractivity contribution in [2.24, 2.45) is 0 Å². The lowest BCUT2D eigenvalue weighted by atomic mass is 9.94. The fourth-order valence-corrected chi connectivity index (χ4v) is 2.37. The quantitative estimate of drug-likeness (QED) is 0.655. The summed E-state index contributed by atoms with van der Waals surface area (Å²) in [5, 5.41) is 7.09. The molecule has 18 heavy (non-hydrogen) atoms. The van der Waals surface area contributed by atoms with E-state index in [1.54, 1.807) is 0 Å². The molecule has 2 rings (SSSR count). The molecule has 1 aromatic carbocycles. The van der Waals surface area contributed by atoms with Gasteiger partial charge < -0.3 is 10.6 Å². The van der Waals surface area contributed by atoms with E-state index in [-0.39, 0.29) is 0 Å². The highest BCUT2D eigenvalue weighted by atomic mass is 14.9. The predicted molar refractivity (Wildman–Crippen MR) is 78.0 cm³/mol. The molecule has 1 aromatic rings. The molecule has 1 aliphatic carbocycles. The van der Waals surface area contributed by atoms with Crippen molar-refractivity contribution in [1.29, 1.82) is 0 Å². The Balaban J connectivity index is 1.76. The highest BCUT2D eigenvalue weighted by molar-refractivity contribution is 5.19. The summed E-state index contributed by atoms with van der Waals surface area (Å²) in [7, 11) is 0. The Morgan fingerprint density at radius 2 is 2.00 bits per heavy atom. The molecule has 0 spiro atoms. The summed E-state index contributed by atoms with van der Waals surface area (Å²) >= 11 is 0. The molecule has 0 amide bonds. The second kappa shape index (κ2) is 7.55. The number of hydrogen-bond acceptors (Lipinski definition) is 2. The van der Waals surface area contributed by atoms with Gasteiger partial charge in [0, 0.05) is 12.6 Å². The lowest BCUT2D eigenvalue weighted by molar-refractivity contribution is 0.522. The van der Waals surface area contributed by atoms with Crippen molar-refractivity contribution >= 4 is 0 Å². The summed E-state index contributed by atoms with van der Waals surface area (Å²) in [4.78, 5) is 0. The van der Waals surface area contributed by atoms with Crippen molar-refractivity contribution in [3.63, 3.8) is 0 Å². The summed E-state index contributed by atoms with van der Waals surface area (Å²) in [5.41, 5.74) is 1.48. The van der Waals surface area contributed by atoms with Gasteiger partial charge in [-0.2, -0.15) is 0 Å². The van der Waals surface area contributed by atoms with Crippen LogP contribution in [0.2, 0.25) is 0 Å². The smallest absolute Gasteiger partial charge is 0.00682 e. The molecule has 1 fully saturated rings. The van der Waals surface area contributed by atoms with Gasteiger partial charge in [0.05, 0.1) is 0 Å². The van der Waals surface area contributed by atoms with Crippen LogP contribution in [0.5, 0.6) is 0 Å². The van der Waals surface area contributed by atoms with Crippen molar-refractivity contribution in [2.75, 3.05) is 19.6 Å². The van der Waals surface area contributed by atoms with Gasteiger partial charge in [-0.15, -0.1) is 0 Å². The Morgan fingerprint density at radius 1 is 1.22 bits per heavy atom. The first-order valence-corrected chi connectivity index (χ1v) is 7.39. The number of likely N-dealkylation sites (N-methyl/N-ethyl adjacent to an activating group) is 1. The molecule has 1 aliphatic rings. The van der Waals surface area contributed by atoms with Gasteiger partial charge in [-0.25, -0.2) is 0 Å². The van der Waals surface area contributed by atoms with E-state index in [1.807, 2.05) is 0 Å². The summed E-state index contributed by atoms with van der Waals surface area (Å²) in [6.45, 7) is 5.52.